The van der Waals surface area contributed by atoms with Crippen molar-refractivity contribution in [2.24, 2.45) is 5.92 Å². The highest BCUT2D eigenvalue weighted by Crippen LogP contribution is 2.29. The lowest BCUT2D eigenvalue weighted by molar-refractivity contribution is -0.149. The molecule has 0 radical (unpaired) electrons. The molecule has 7 nitrogen and oxygen atoms in total. The van der Waals surface area contributed by atoms with Crippen LogP contribution in [0.1, 0.15) is 29.4 Å². The Labute approximate surface area is 139 Å². The van der Waals surface area contributed by atoms with Crippen LogP contribution in [0, 0.1) is 5.92 Å². The zero-order valence-electron chi connectivity index (χ0n) is 13.0. The lowest BCUT2D eigenvalue weighted by Gasteiger charge is -2.30. The molecule has 0 bridgehead atoms. The first-order chi connectivity index (χ1) is 10.9. The van der Waals surface area contributed by atoms with Gasteiger partial charge in [-0.2, -0.15) is 4.31 Å². The van der Waals surface area contributed by atoms with Crippen molar-refractivity contribution in [3.8, 4) is 0 Å². The van der Waals surface area contributed by atoms with Crippen molar-refractivity contribution in [3.63, 3.8) is 0 Å². The minimum Gasteiger partial charge on any atom is -0.466 e. The van der Waals surface area contributed by atoms with E-state index in [1.807, 2.05) is 0 Å². The number of sulfonamides is 1. The van der Waals surface area contributed by atoms with Gasteiger partial charge in [-0.15, -0.1) is 11.3 Å². The maximum Gasteiger partial charge on any atom is 0.349 e. The Kier molecular flexibility index (Phi) is 5.77. The van der Waals surface area contributed by atoms with Crippen LogP contribution in [0.2, 0.25) is 0 Å². The van der Waals surface area contributed by atoms with Crippen LogP contribution < -0.4 is 0 Å². The number of hydrogen-bond acceptors (Lipinski definition) is 7. The number of piperidine rings is 1. The SMILES string of the molecule is CCOC(=O)C1CCCN(S(=O)(=O)c2ccsc2C(=O)OC)C1. The second-order valence-electron chi connectivity index (χ2n) is 5.06. The normalized spacial score (nSPS) is 19.3. The van der Waals surface area contributed by atoms with Crippen LogP contribution >= 0.6 is 11.3 Å². The van der Waals surface area contributed by atoms with E-state index in [0.29, 0.717) is 19.4 Å². The van der Waals surface area contributed by atoms with E-state index < -0.39 is 21.9 Å². The summed E-state index contributed by atoms with van der Waals surface area (Å²) in [5, 5.41) is 1.53. The van der Waals surface area contributed by atoms with Crippen molar-refractivity contribution < 1.29 is 27.5 Å². The second-order valence-corrected chi connectivity index (χ2v) is 7.88. The first-order valence-electron chi connectivity index (χ1n) is 7.24. The molecule has 0 amide bonds. The predicted octanol–water partition coefficient (Wildman–Crippen LogP) is 1.50. The maximum atomic E-state index is 12.8. The average Bonchev–Trinajstić information content (AvgIpc) is 3.05. The molecule has 1 aromatic rings. The van der Waals surface area contributed by atoms with E-state index in [9.17, 15) is 18.0 Å². The van der Waals surface area contributed by atoms with Gasteiger partial charge in [-0.3, -0.25) is 4.79 Å². The molecule has 0 aliphatic carbocycles. The molecule has 23 heavy (non-hydrogen) atoms. The van der Waals surface area contributed by atoms with E-state index in [0.717, 1.165) is 11.3 Å². The van der Waals surface area contributed by atoms with Gasteiger partial charge >= 0.3 is 11.9 Å². The van der Waals surface area contributed by atoms with E-state index in [1.54, 1.807) is 6.92 Å². The highest BCUT2D eigenvalue weighted by molar-refractivity contribution is 7.89. The molecule has 9 heteroatoms. The number of carbonyl (C=O) groups excluding carboxylic acids is 2. The molecule has 2 heterocycles. The summed E-state index contributed by atoms with van der Waals surface area (Å²) in [6.07, 6.45) is 1.17. The van der Waals surface area contributed by atoms with E-state index in [1.165, 1.54) is 22.9 Å². The van der Waals surface area contributed by atoms with E-state index >= 15 is 0 Å². The molecule has 1 saturated heterocycles. The Balaban J connectivity index is 2.24. The number of nitrogens with zero attached hydrogens (tertiary/aromatic N) is 1. The topological polar surface area (TPSA) is 90.0 Å². The summed E-state index contributed by atoms with van der Waals surface area (Å²) < 4.78 is 36.4. The zero-order chi connectivity index (χ0) is 17.0. The number of thiophene rings is 1. The first kappa shape index (κ1) is 17.9. The van der Waals surface area contributed by atoms with Gasteiger partial charge in [0.25, 0.3) is 0 Å². The van der Waals surface area contributed by atoms with Crippen LogP contribution in [0.25, 0.3) is 0 Å². The Morgan fingerprint density at radius 3 is 2.83 bits per heavy atom. The molecule has 1 unspecified atom stereocenters. The molecule has 2 rings (SSSR count). The van der Waals surface area contributed by atoms with Crippen molar-refractivity contribution >= 4 is 33.3 Å². The molecule has 0 spiro atoms. The predicted molar refractivity (Wildman–Crippen MR) is 83.8 cm³/mol. The molecule has 1 aliphatic rings. The second kappa shape index (κ2) is 7.41. The highest BCUT2D eigenvalue weighted by Gasteiger charge is 2.36. The summed E-state index contributed by atoms with van der Waals surface area (Å²) in [6, 6.07) is 1.39. The summed E-state index contributed by atoms with van der Waals surface area (Å²) in [7, 11) is -2.65. The standard InChI is InChI=1S/C14H19NO6S2/c1-3-21-13(16)10-5-4-7-15(9-10)23(18,19)11-6-8-22-12(11)14(17)20-2/h6,8,10H,3-5,7,9H2,1-2H3. The fraction of sp³-hybridized carbons (Fsp3) is 0.571. The Bertz CT molecular complexity index is 681. The summed E-state index contributed by atoms with van der Waals surface area (Å²) >= 11 is 1.02. The zero-order valence-corrected chi connectivity index (χ0v) is 14.6. The number of esters is 2. The summed E-state index contributed by atoms with van der Waals surface area (Å²) in [5.74, 6) is -1.54. The van der Waals surface area contributed by atoms with Gasteiger partial charge in [0.15, 0.2) is 0 Å². The van der Waals surface area contributed by atoms with Gasteiger partial charge in [0.2, 0.25) is 10.0 Å². The molecule has 1 aliphatic heterocycles. The van der Waals surface area contributed by atoms with Crippen molar-refractivity contribution in [3.05, 3.63) is 16.3 Å². The van der Waals surface area contributed by atoms with E-state index in [-0.39, 0.29) is 28.9 Å². The highest BCUT2D eigenvalue weighted by atomic mass is 32.2. The third-order valence-corrected chi connectivity index (χ3v) is 6.55. The Morgan fingerprint density at radius 1 is 1.43 bits per heavy atom. The molecular formula is C14H19NO6S2. The summed E-state index contributed by atoms with van der Waals surface area (Å²) in [5.41, 5.74) is 0. The Hall–Kier alpha value is -1.45. The quantitative estimate of drug-likeness (QED) is 0.738. The van der Waals surface area contributed by atoms with Crippen LogP contribution in [0.15, 0.2) is 16.3 Å². The minimum atomic E-state index is -3.85. The number of ether oxygens (including phenoxy) is 2. The van der Waals surface area contributed by atoms with Crippen molar-refractivity contribution in [1.29, 1.82) is 0 Å². The third-order valence-electron chi connectivity index (χ3n) is 3.62. The lowest BCUT2D eigenvalue weighted by Crippen LogP contribution is -2.43. The van der Waals surface area contributed by atoms with Crippen LogP contribution in [-0.2, 0) is 24.3 Å². The van der Waals surface area contributed by atoms with Gasteiger partial charge in [-0.25, -0.2) is 13.2 Å². The van der Waals surface area contributed by atoms with Gasteiger partial charge < -0.3 is 9.47 Å². The number of hydrogen-bond donors (Lipinski definition) is 0. The number of rotatable bonds is 5. The monoisotopic (exact) mass is 361 g/mol. The average molecular weight is 361 g/mol. The van der Waals surface area contributed by atoms with E-state index in [2.05, 4.69) is 4.74 Å². The molecule has 1 atom stereocenters. The third kappa shape index (κ3) is 3.73. The summed E-state index contributed by atoms with van der Waals surface area (Å²) in [4.78, 5) is 23.6. The van der Waals surface area contributed by atoms with Gasteiger partial charge in [0.05, 0.1) is 19.6 Å². The maximum absolute atomic E-state index is 12.8. The first-order valence-corrected chi connectivity index (χ1v) is 9.56. The fourth-order valence-corrected chi connectivity index (χ4v) is 5.33. The van der Waals surface area contributed by atoms with Gasteiger partial charge in [-0.05, 0) is 31.2 Å². The number of methoxy groups -OCH3 is 1. The van der Waals surface area contributed by atoms with Gasteiger partial charge in [0.1, 0.15) is 9.77 Å². The fourth-order valence-electron chi connectivity index (χ4n) is 2.49. The molecule has 0 aromatic carbocycles. The Morgan fingerprint density at radius 2 is 2.17 bits per heavy atom. The molecule has 0 N–H and O–H groups in total. The molecule has 1 aromatic heterocycles. The van der Waals surface area contributed by atoms with Crippen molar-refractivity contribution in [2.75, 3.05) is 26.8 Å². The van der Waals surface area contributed by atoms with Crippen LogP contribution in [-0.4, -0.2) is 51.5 Å². The molecule has 1 fully saturated rings. The molecular weight excluding hydrogens is 342 g/mol. The van der Waals surface area contributed by atoms with Crippen LogP contribution in [0.4, 0.5) is 0 Å². The van der Waals surface area contributed by atoms with Crippen molar-refractivity contribution in [1.82, 2.24) is 4.31 Å². The largest absolute Gasteiger partial charge is 0.466 e. The van der Waals surface area contributed by atoms with Crippen LogP contribution in [0.3, 0.4) is 0 Å². The van der Waals surface area contributed by atoms with Crippen LogP contribution in [0.5, 0.6) is 0 Å². The van der Waals surface area contributed by atoms with Gasteiger partial charge in [0, 0.05) is 13.1 Å². The molecule has 0 saturated carbocycles. The van der Waals surface area contributed by atoms with Gasteiger partial charge in [-0.1, -0.05) is 0 Å². The van der Waals surface area contributed by atoms with E-state index in [4.69, 9.17) is 4.74 Å². The smallest absolute Gasteiger partial charge is 0.349 e. The minimum absolute atomic E-state index is 0.0470. The number of carbonyl (C=O) groups is 2. The summed E-state index contributed by atoms with van der Waals surface area (Å²) in [6.45, 7) is 2.36. The van der Waals surface area contributed by atoms with Crippen molar-refractivity contribution in [2.45, 2.75) is 24.7 Å². The lowest BCUT2D eigenvalue weighted by atomic mass is 10.0. The molecule has 128 valence electrons.